The van der Waals surface area contributed by atoms with Gasteiger partial charge in [-0.15, -0.1) is 0 Å². The number of rotatable bonds is 9. The van der Waals surface area contributed by atoms with Gasteiger partial charge in [-0.05, 0) is 34.1 Å². The number of amides is 1. The van der Waals surface area contributed by atoms with Crippen molar-refractivity contribution in [2.45, 2.75) is 53.9 Å². The number of carbonyl (C=O) groups excluding carboxylic acids is 1. The molecule has 5 nitrogen and oxygen atoms in total. The minimum absolute atomic E-state index is 0.0468. The summed E-state index contributed by atoms with van der Waals surface area (Å²) in [6.45, 7) is 12.9. The van der Waals surface area contributed by atoms with E-state index in [0.29, 0.717) is 13.1 Å². The molecule has 0 heterocycles. The van der Waals surface area contributed by atoms with E-state index >= 15 is 0 Å². The summed E-state index contributed by atoms with van der Waals surface area (Å²) >= 11 is 0. The largest absolute Gasteiger partial charge is 0.357 e. The monoisotopic (exact) mass is 284 g/mol. The van der Waals surface area contributed by atoms with Gasteiger partial charge in [-0.25, -0.2) is 0 Å². The molecule has 0 spiro atoms. The highest BCUT2D eigenvalue weighted by Gasteiger charge is 2.26. The molecular formula is C15H32N4O. The molecule has 0 aliphatic rings. The van der Waals surface area contributed by atoms with Crippen LogP contribution in [0.25, 0.3) is 0 Å². The molecular weight excluding hydrogens is 252 g/mol. The van der Waals surface area contributed by atoms with Crippen molar-refractivity contribution in [3.8, 4) is 0 Å². The zero-order chi connectivity index (χ0) is 15.4. The second kappa shape index (κ2) is 10.5. The van der Waals surface area contributed by atoms with Crippen LogP contribution in [0.15, 0.2) is 4.99 Å². The molecule has 0 rings (SSSR count). The molecule has 0 unspecified atom stereocenters. The Hall–Kier alpha value is -1.26. The summed E-state index contributed by atoms with van der Waals surface area (Å²) in [7, 11) is 0. The standard InChI is InChI=1S/C15H32N4O/c1-6-9-10-11-18-14(17-8-3)19-12-15(4,5)13(20)16-7-2/h6-12H2,1-5H3,(H,16,20)(H2,17,18,19). The predicted octanol–water partition coefficient (Wildman–Crippen LogP) is 1.89. The summed E-state index contributed by atoms with van der Waals surface area (Å²) in [5.74, 6) is 0.839. The van der Waals surface area contributed by atoms with E-state index in [-0.39, 0.29) is 5.91 Å². The fourth-order valence-electron chi connectivity index (χ4n) is 1.67. The van der Waals surface area contributed by atoms with Gasteiger partial charge in [0.2, 0.25) is 5.91 Å². The van der Waals surface area contributed by atoms with Crippen LogP contribution in [0.2, 0.25) is 0 Å². The number of unbranched alkanes of at least 4 members (excludes halogenated alkanes) is 2. The first-order chi connectivity index (χ1) is 9.47. The normalized spacial score (nSPS) is 12.2. The van der Waals surface area contributed by atoms with Crippen molar-refractivity contribution in [2.75, 3.05) is 26.2 Å². The maximum Gasteiger partial charge on any atom is 0.227 e. The summed E-state index contributed by atoms with van der Waals surface area (Å²) < 4.78 is 0. The highest BCUT2D eigenvalue weighted by atomic mass is 16.2. The fourth-order valence-corrected chi connectivity index (χ4v) is 1.67. The lowest BCUT2D eigenvalue weighted by Crippen LogP contribution is -2.42. The summed E-state index contributed by atoms with van der Waals surface area (Å²) in [6, 6.07) is 0. The number of aliphatic imine (C=N–C) groups is 1. The molecule has 0 bridgehead atoms. The van der Waals surface area contributed by atoms with Crippen LogP contribution < -0.4 is 16.0 Å². The zero-order valence-electron chi connectivity index (χ0n) is 13.8. The lowest BCUT2D eigenvalue weighted by atomic mass is 9.92. The zero-order valence-corrected chi connectivity index (χ0v) is 13.8. The van der Waals surface area contributed by atoms with E-state index < -0.39 is 5.41 Å². The molecule has 1 amide bonds. The average Bonchev–Trinajstić information content (AvgIpc) is 2.41. The average molecular weight is 284 g/mol. The Bertz CT molecular complexity index is 300. The van der Waals surface area contributed by atoms with Gasteiger partial charge in [-0.2, -0.15) is 0 Å². The number of hydrogen-bond acceptors (Lipinski definition) is 2. The van der Waals surface area contributed by atoms with E-state index in [4.69, 9.17) is 0 Å². The Balaban J connectivity index is 4.40. The van der Waals surface area contributed by atoms with Crippen molar-refractivity contribution in [3.05, 3.63) is 0 Å². The van der Waals surface area contributed by atoms with Crippen LogP contribution in [0, 0.1) is 5.41 Å². The topological polar surface area (TPSA) is 65.5 Å². The smallest absolute Gasteiger partial charge is 0.227 e. The van der Waals surface area contributed by atoms with E-state index in [9.17, 15) is 4.79 Å². The molecule has 0 aliphatic carbocycles. The summed E-state index contributed by atoms with van der Waals surface area (Å²) in [6.07, 6.45) is 3.57. The third-order valence-electron chi connectivity index (χ3n) is 3.00. The maximum absolute atomic E-state index is 11.9. The molecule has 0 aromatic carbocycles. The van der Waals surface area contributed by atoms with Gasteiger partial charge in [0.15, 0.2) is 5.96 Å². The van der Waals surface area contributed by atoms with Crippen molar-refractivity contribution < 1.29 is 4.79 Å². The van der Waals surface area contributed by atoms with E-state index in [0.717, 1.165) is 25.5 Å². The van der Waals surface area contributed by atoms with Crippen LogP contribution in [-0.2, 0) is 4.79 Å². The molecule has 5 heteroatoms. The number of hydrogen-bond donors (Lipinski definition) is 3. The molecule has 118 valence electrons. The van der Waals surface area contributed by atoms with Gasteiger partial charge in [0.1, 0.15) is 0 Å². The molecule has 0 aliphatic heterocycles. The van der Waals surface area contributed by atoms with E-state index in [2.05, 4.69) is 27.9 Å². The molecule has 0 aromatic rings. The second-order valence-electron chi connectivity index (χ2n) is 5.57. The van der Waals surface area contributed by atoms with E-state index in [1.807, 2.05) is 27.7 Å². The van der Waals surface area contributed by atoms with Gasteiger partial charge < -0.3 is 16.0 Å². The lowest BCUT2D eigenvalue weighted by Gasteiger charge is -2.22. The van der Waals surface area contributed by atoms with Crippen LogP contribution in [0.3, 0.4) is 0 Å². The molecule has 0 saturated heterocycles. The summed E-state index contributed by atoms with van der Waals surface area (Å²) in [5.41, 5.74) is -0.484. The van der Waals surface area contributed by atoms with Crippen molar-refractivity contribution in [1.29, 1.82) is 0 Å². The fraction of sp³-hybridized carbons (Fsp3) is 0.867. The van der Waals surface area contributed by atoms with Crippen LogP contribution >= 0.6 is 0 Å². The SMILES string of the molecule is CCCCCNC(=NCC(C)(C)C(=O)NCC)NCC. The van der Waals surface area contributed by atoms with Crippen molar-refractivity contribution >= 4 is 11.9 Å². The molecule has 0 saturated carbocycles. The van der Waals surface area contributed by atoms with Crippen LogP contribution in [0.4, 0.5) is 0 Å². The first-order valence-corrected chi connectivity index (χ1v) is 7.78. The van der Waals surface area contributed by atoms with Gasteiger partial charge in [0.25, 0.3) is 0 Å². The Morgan fingerprint density at radius 2 is 1.65 bits per heavy atom. The Morgan fingerprint density at radius 3 is 2.20 bits per heavy atom. The van der Waals surface area contributed by atoms with Crippen LogP contribution in [-0.4, -0.2) is 38.0 Å². The molecule has 0 aromatic heterocycles. The molecule has 20 heavy (non-hydrogen) atoms. The number of guanidine groups is 1. The van der Waals surface area contributed by atoms with Gasteiger partial charge in [-0.1, -0.05) is 19.8 Å². The first-order valence-electron chi connectivity index (χ1n) is 7.78. The number of nitrogens with zero attached hydrogens (tertiary/aromatic N) is 1. The molecule has 0 fully saturated rings. The Labute approximate surface area is 124 Å². The van der Waals surface area contributed by atoms with Crippen LogP contribution in [0.5, 0.6) is 0 Å². The van der Waals surface area contributed by atoms with Crippen molar-refractivity contribution in [1.82, 2.24) is 16.0 Å². The van der Waals surface area contributed by atoms with Gasteiger partial charge in [0.05, 0.1) is 12.0 Å². The molecule has 0 radical (unpaired) electrons. The molecule has 0 atom stereocenters. The van der Waals surface area contributed by atoms with Crippen molar-refractivity contribution in [3.63, 3.8) is 0 Å². The summed E-state index contributed by atoms with van der Waals surface area (Å²) in [5, 5.41) is 9.37. The second-order valence-corrected chi connectivity index (χ2v) is 5.57. The minimum atomic E-state index is -0.484. The minimum Gasteiger partial charge on any atom is -0.357 e. The first kappa shape index (κ1) is 18.7. The van der Waals surface area contributed by atoms with Gasteiger partial charge in [0, 0.05) is 19.6 Å². The number of nitrogens with one attached hydrogen (secondary N) is 3. The third-order valence-corrected chi connectivity index (χ3v) is 3.00. The Kier molecular flexibility index (Phi) is 9.86. The highest BCUT2D eigenvalue weighted by Crippen LogP contribution is 2.15. The van der Waals surface area contributed by atoms with Crippen molar-refractivity contribution in [2.24, 2.45) is 10.4 Å². The Morgan fingerprint density at radius 1 is 1.00 bits per heavy atom. The highest BCUT2D eigenvalue weighted by molar-refractivity contribution is 5.83. The quantitative estimate of drug-likeness (QED) is 0.344. The molecule has 3 N–H and O–H groups in total. The van der Waals surface area contributed by atoms with Gasteiger partial charge in [-0.3, -0.25) is 9.79 Å². The lowest BCUT2D eigenvalue weighted by molar-refractivity contribution is -0.128. The predicted molar refractivity (Wildman–Crippen MR) is 86.0 cm³/mol. The third kappa shape index (κ3) is 8.02. The van der Waals surface area contributed by atoms with E-state index in [1.54, 1.807) is 0 Å². The van der Waals surface area contributed by atoms with E-state index in [1.165, 1.54) is 12.8 Å². The summed E-state index contributed by atoms with van der Waals surface area (Å²) in [4.78, 5) is 16.4. The van der Waals surface area contributed by atoms with Crippen LogP contribution in [0.1, 0.15) is 53.9 Å². The maximum atomic E-state index is 11.9. The number of carbonyl (C=O) groups is 1. The van der Waals surface area contributed by atoms with Gasteiger partial charge >= 0.3 is 0 Å².